The predicted molar refractivity (Wildman–Crippen MR) is 497 cm³/mol. The lowest BCUT2D eigenvalue weighted by molar-refractivity contribution is 0.466. The summed E-state index contributed by atoms with van der Waals surface area (Å²) >= 11 is 1.89. The summed E-state index contributed by atoms with van der Waals surface area (Å²) in [6.45, 7) is 41.1. The van der Waals surface area contributed by atoms with E-state index < -0.39 is 0 Å². The first-order valence-electron chi connectivity index (χ1n) is 41.4. The van der Waals surface area contributed by atoms with Crippen LogP contribution >= 0.6 is 11.8 Å². The minimum Gasteiger partial charge on any atom is -0.458 e. The third-order valence-electron chi connectivity index (χ3n) is 24.3. The van der Waals surface area contributed by atoms with E-state index in [1.807, 2.05) is 11.8 Å². The number of ether oxygens (including phenoxy) is 2. The van der Waals surface area contributed by atoms with E-state index in [0.29, 0.717) is 0 Å². The summed E-state index contributed by atoms with van der Waals surface area (Å²) in [7, 11) is 0. The predicted octanol–water partition coefficient (Wildman–Crippen LogP) is 26.6. The van der Waals surface area contributed by atoms with Crippen molar-refractivity contribution in [3.8, 4) is 67.5 Å². The van der Waals surface area contributed by atoms with E-state index in [9.17, 15) is 0 Å². The lowest BCUT2D eigenvalue weighted by atomic mass is 9.34. The fourth-order valence-electron chi connectivity index (χ4n) is 18.1. The molecular weight excluding hydrogens is 1420 g/mol. The number of hydrogen-bond acceptors (Lipinski definition) is 6. The Kier molecular flexibility index (Phi) is 18.4. The van der Waals surface area contributed by atoms with Crippen LogP contribution in [0.3, 0.4) is 0 Å². The minimum absolute atomic E-state index is 0.0166. The van der Waals surface area contributed by atoms with Gasteiger partial charge in [-0.25, -0.2) is 0 Å². The molecule has 4 aliphatic heterocycles. The number of fused-ring (bicyclic) bond motifs is 8. The van der Waals surface area contributed by atoms with E-state index in [1.165, 1.54) is 76.3 Å². The Hall–Kier alpha value is -11.4. The Labute approximate surface area is 693 Å². The summed E-state index contributed by atoms with van der Waals surface area (Å²) in [5.74, 6) is 3.27. The zero-order valence-electron chi connectivity index (χ0n) is 70.5. The van der Waals surface area contributed by atoms with E-state index >= 15 is 0 Å². The highest BCUT2D eigenvalue weighted by molar-refractivity contribution is 8.00. The molecule has 14 aromatic carbocycles. The van der Waals surface area contributed by atoms with Crippen molar-refractivity contribution in [3.05, 3.63) is 331 Å². The summed E-state index contributed by atoms with van der Waals surface area (Å²) in [4.78, 5) is 9.93. The van der Waals surface area contributed by atoms with E-state index in [1.54, 1.807) is 0 Å². The van der Waals surface area contributed by atoms with Gasteiger partial charge >= 0.3 is 0 Å². The monoisotopic (exact) mass is 1530 g/mol. The third kappa shape index (κ3) is 13.7. The van der Waals surface area contributed by atoms with Crippen LogP contribution in [0.15, 0.2) is 307 Å². The topological polar surface area (TPSA) is 28.2 Å². The van der Waals surface area contributed by atoms with E-state index in [0.717, 1.165) is 118 Å². The maximum Gasteiger partial charge on any atom is 0.260 e. The summed E-state index contributed by atoms with van der Waals surface area (Å²) in [5, 5.41) is 0. The van der Waals surface area contributed by atoms with Crippen molar-refractivity contribution < 1.29 is 9.47 Å². The van der Waals surface area contributed by atoms with Gasteiger partial charge in [-0.1, -0.05) is 324 Å². The third-order valence-corrected chi connectivity index (χ3v) is 25.5. The van der Waals surface area contributed by atoms with Crippen LogP contribution < -0.4 is 57.0 Å². The van der Waals surface area contributed by atoms with Crippen LogP contribution in [0.5, 0.6) is 23.0 Å². The molecule has 4 aliphatic rings. The number of anilines is 9. The Balaban J connectivity index is 0.896. The Morgan fingerprint density at radius 1 is 0.267 bits per heavy atom. The fourth-order valence-corrected chi connectivity index (χ4v) is 19.3. The maximum absolute atomic E-state index is 7.64. The van der Waals surface area contributed by atoms with Gasteiger partial charge in [0.2, 0.25) is 6.71 Å². The van der Waals surface area contributed by atoms with Crippen LogP contribution in [0.25, 0.3) is 44.5 Å². The van der Waals surface area contributed by atoms with Gasteiger partial charge in [0.05, 0.1) is 0 Å². The van der Waals surface area contributed by atoms with Crippen molar-refractivity contribution in [2.75, 3.05) is 14.7 Å². The second kappa shape index (κ2) is 28.2. The highest BCUT2D eigenvalue weighted by Gasteiger charge is 2.45. The van der Waals surface area contributed by atoms with Gasteiger partial charge in [-0.15, -0.1) is 0 Å². The van der Waals surface area contributed by atoms with Gasteiger partial charge in [-0.3, -0.25) is 0 Å². The molecular formula is C108H103B2N3O2S. The summed E-state index contributed by atoms with van der Waals surface area (Å²) in [6, 6.07) is 113. The summed E-state index contributed by atoms with van der Waals surface area (Å²) < 4.78 is 15.1. The zero-order valence-corrected chi connectivity index (χ0v) is 71.3. The van der Waals surface area contributed by atoms with Crippen molar-refractivity contribution in [3.63, 3.8) is 0 Å². The molecule has 5 nitrogen and oxygen atoms in total. The molecule has 0 fully saturated rings. The molecule has 0 saturated carbocycles. The van der Waals surface area contributed by atoms with E-state index in [4.69, 9.17) is 9.47 Å². The number of rotatable bonds is 11. The molecule has 8 heteroatoms. The fraction of sp³-hybridized carbons (Fsp3) is 0.222. The molecule has 4 heterocycles. The van der Waals surface area contributed by atoms with Crippen molar-refractivity contribution in [2.24, 2.45) is 0 Å². The van der Waals surface area contributed by atoms with Crippen molar-refractivity contribution >= 4 is 109 Å². The summed E-state index contributed by atoms with van der Waals surface area (Å²) in [6.07, 6.45) is 0. The summed E-state index contributed by atoms with van der Waals surface area (Å²) in [5.41, 5.74) is 33.2. The average Bonchev–Trinajstić information content (AvgIpc) is 0.703. The largest absolute Gasteiger partial charge is 0.458 e. The lowest BCUT2D eigenvalue weighted by Gasteiger charge is -2.42. The molecule has 0 bridgehead atoms. The van der Waals surface area contributed by atoms with Gasteiger partial charge in [0, 0.05) is 72.0 Å². The van der Waals surface area contributed by atoms with Crippen molar-refractivity contribution in [1.29, 1.82) is 0 Å². The second-order valence-electron chi connectivity index (χ2n) is 38.6. The first kappa shape index (κ1) is 75.9. The highest BCUT2D eigenvalue weighted by atomic mass is 32.2. The number of nitrogens with zero attached hydrogens (tertiary/aromatic N) is 3. The Morgan fingerprint density at radius 3 is 1.26 bits per heavy atom. The standard InChI is InChI=1S/C108H103B2N3O2S/c1-103(2,3)73-37-45-77(46-38-73)111(78-47-39-74(40-48-78)104(4,5)6)82-54-57-89-93(66-82)113(81-53-56-88(108(16,17)18)86(65-81)69-30-23-20-24-31-69)94-61-71(64-99-100(94)109(89)90-58-55-83(67-98(90)116-99)112(79-49-41-75(42-50-79)105(7,8)9)80-51-43-76(44-52-80)106(10,11)12)72-62-96-101-97(63-72)115-102-85(68-28-21-19-22-29-68)33-27-35-91(102)110(101)92-60-70(36-59-95(92)114-96)84-32-25-26-34-87(84)107(13,14)15/h19-67H,1-18H3. The molecule has 0 radical (unpaired) electrons. The van der Waals surface area contributed by atoms with E-state index in [-0.39, 0.29) is 45.9 Å². The van der Waals surface area contributed by atoms with Gasteiger partial charge in [0.1, 0.15) is 23.0 Å². The van der Waals surface area contributed by atoms with Crippen LogP contribution in [0.2, 0.25) is 0 Å². The normalized spacial score (nSPS) is 13.5. The Morgan fingerprint density at radius 2 is 0.724 bits per heavy atom. The van der Waals surface area contributed by atoms with Gasteiger partial charge < -0.3 is 24.2 Å². The van der Waals surface area contributed by atoms with Gasteiger partial charge in [0.15, 0.2) is 0 Å². The first-order chi connectivity index (χ1) is 55.3. The molecule has 14 aromatic rings. The van der Waals surface area contributed by atoms with Crippen LogP contribution in [-0.2, 0) is 32.5 Å². The minimum atomic E-state index is -0.199. The molecule has 574 valence electrons. The maximum atomic E-state index is 7.64. The van der Waals surface area contributed by atoms with Crippen LogP contribution in [-0.4, -0.2) is 13.4 Å². The van der Waals surface area contributed by atoms with Crippen LogP contribution in [0.4, 0.5) is 51.2 Å². The molecule has 0 unspecified atom stereocenters. The molecule has 0 amide bonds. The molecule has 116 heavy (non-hydrogen) atoms. The molecule has 18 rings (SSSR count). The first-order valence-corrected chi connectivity index (χ1v) is 42.2. The SMILES string of the molecule is CC(C)(C)c1ccc(N(c2ccc(C(C)(C)C)cc2)c2ccc3c(c2)Sc2cc(-c4cc5c6c(c4)Oc4c(cccc4-c4ccccc4)B6c4cc(-c6ccccc6C(C)(C)C)ccc4O5)cc4c2B3c2ccc(N(c3ccc(C(C)(C)C)cc3)c3ccc(C(C)(C)C)cc3)cc2N4c2ccc(C(C)(C)C)c(-c3ccccc3)c2)cc1. The van der Waals surface area contributed by atoms with Gasteiger partial charge in [0.25, 0.3) is 6.71 Å². The van der Waals surface area contributed by atoms with Crippen molar-refractivity contribution in [2.45, 2.75) is 167 Å². The molecule has 0 atom stereocenters. The highest BCUT2D eigenvalue weighted by Crippen LogP contribution is 2.52. The lowest BCUT2D eigenvalue weighted by Crippen LogP contribution is -2.59. The number of para-hydroxylation sites is 1. The molecule has 0 aromatic heterocycles. The van der Waals surface area contributed by atoms with Crippen LogP contribution in [0.1, 0.15) is 158 Å². The molecule has 0 aliphatic carbocycles. The van der Waals surface area contributed by atoms with E-state index in [2.05, 4.69) is 437 Å². The zero-order chi connectivity index (χ0) is 80.9. The molecule has 0 saturated heterocycles. The van der Waals surface area contributed by atoms with Gasteiger partial charge in [-0.05, 0) is 242 Å². The Bertz CT molecular complexity index is 6050. The number of hydrogen-bond donors (Lipinski definition) is 0. The second-order valence-corrected chi connectivity index (χ2v) is 39.7. The van der Waals surface area contributed by atoms with Crippen molar-refractivity contribution in [1.82, 2.24) is 0 Å². The smallest absolute Gasteiger partial charge is 0.260 e. The molecule has 0 spiro atoms. The average molecular weight is 1530 g/mol. The quantitative estimate of drug-likeness (QED) is 0.120. The van der Waals surface area contributed by atoms with Gasteiger partial charge in [-0.2, -0.15) is 0 Å². The van der Waals surface area contributed by atoms with Crippen LogP contribution in [0, 0.1) is 0 Å². The number of benzene rings is 14. The molecule has 0 N–H and O–H groups in total.